The molecule has 2 aromatic carbocycles. The third-order valence-corrected chi connectivity index (χ3v) is 4.81. The van der Waals surface area contributed by atoms with E-state index >= 15 is 0 Å². The zero-order valence-corrected chi connectivity index (χ0v) is 18.6. The molecule has 0 spiro atoms. The molecule has 0 aliphatic heterocycles. The molecule has 1 N–H and O–H groups in total. The molecule has 5 nitrogen and oxygen atoms in total. The van der Waals surface area contributed by atoms with Gasteiger partial charge in [-0.15, -0.1) is 24.0 Å². The molecule has 0 bridgehead atoms. The number of halogens is 1. The van der Waals surface area contributed by atoms with Crippen molar-refractivity contribution >= 4 is 29.9 Å². The Bertz CT molecular complexity index is 767. The maximum Gasteiger partial charge on any atom is 0.193 e. The monoisotopic (exact) mass is 481 g/mol. The summed E-state index contributed by atoms with van der Waals surface area (Å²) in [6, 6.07) is 17.0. The van der Waals surface area contributed by atoms with Crippen LogP contribution in [-0.4, -0.2) is 45.2 Å². The Morgan fingerprint density at radius 1 is 1.15 bits per heavy atom. The Balaban J connectivity index is 0.00000261. The lowest BCUT2D eigenvalue weighted by atomic mass is 10.1. The van der Waals surface area contributed by atoms with E-state index in [-0.39, 0.29) is 24.0 Å². The third-order valence-electron chi connectivity index (χ3n) is 4.81. The average Bonchev–Trinajstić information content (AvgIpc) is 3.46. The second kappa shape index (κ2) is 9.82. The van der Waals surface area contributed by atoms with Gasteiger partial charge < -0.3 is 19.7 Å². The SMILES string of the molecule is CN=C(NC1CC1c1ccccc1)N(C)Cc1ccc(OC)cc1OC.I. The molecule has 27 heavy (non-hydrogen) atoms. The van der Waals surface area contributed by atoms with E-state index in [0.29, 0.717) is 18.5 Å². The molecule has 0 amide bonds. The average molecular weight is 481 g/mol. The minimum absolute atomic E-state index is 0. The Morgan fingerprint density at radius 2 is 1.89 bits per heavy atom. The van der Waals surface area contributed by atoms with E-state index in [1.54, 1.807) is 14.2 Å². The van der Waals surface area contributed by atoms with E-state index in [0.717, 1.165) is 29.4 Å². The lowest BCUT2D eigenvalue weighted by Gasteiger charge is -2.23. The van der Waals surface area contributed by atoms with Crippen molar-refractivity contribution in [3.8, 4) is 11.5 Å². The maximum atomic E-state index is 5.50. The summed E-state index contributed by atoms with van der Waals surface area (Å²) in [5.41, 5.74) is 2.48. The van der Waals surface area contributed by atoms with Crippen molar-refractivity contribution in [1.29, 1.82) is 0 Å². The summed E-state index contributed by atoms with van der Waals surface area (Å²) in [5, 5.41) is 3.58. The van der Waals surface area contributed by atoms with Gasteiger partial charge in [0.05, 0.1) is 14.2 Å². The third kappa shape index (κ3) is 5.28. The fourth-order valence-electron chi connectivity index (χ4n) is 3.25. The van der Waals surface area contributed by atoms with Crippen LogP contribution in [0.15, 0.2) is 53.5 Å². The van der Waals surface area contributed by atoms with Gasteiger partial charge in [-0.1, -0.05) is 30.3 Å². The minimum atomic E-state index is 0. The fourth-order valence-corrected chi connectivity index (χ4v) is 3.25. The van der Waals surface area contributed by atoms with Gasteiger partial charge in [-0.3, -0.25) is 4.99 Å². The second-order valence-electron chi connectivity index (χ2n) is 6.58. The molecule has 2 atom stereocenters. The van der Waals surface area contributed by atoms with Crippen molar-refractivity contribution in [2.75, 3.05) is 28.3 Å². The molecule has 1 saturated carbocycles. The van der Waals surface area contributed by atoms with Crippen molar-refractivity contribution in [2.24, 2.45) is 4.99 Å². The minimum Gasteiger partial charge on any atom is -0.497 e. The van der Waals surface area contributed by atoms with E-state index in [1.165, 1.54) is 5.56 Å². The van der Waals surface area contributed by atoms with Crippen molar-refractivity contribution in [2.45, 2.75) is 24.9 Å². The molecule has 0 radical (unpaired) electrons. The van der Waals surface area contributed by atoms with Crippen LogP contribution in [0.4, 0.5) is 0 Å². The number of guanidine groups is 1. The van der Waals surface area contributed by atoms with E-state index < -0.39 is 0 Å². The highest BCUT2D eigenvalue weighted by Gasteiger charge is 2.39. The van der Waals surface area contributed by atoms with Crippen molar-refractivity contribution in [3.63, 3.8) is 0 Å². The molecule has 2 aromatic rings. The number of hydrogen-bond donors (Lipinski definition) is 1. The number of nitrogens with zero attached hydrogens (tertiary/aromatic N) is 2. The molecule has 2 unspecified atom stereocenters. The molecule has 0 aromatic heterocycles. The van der Waals surface area contributed by atoms with E-state index in [4.69, 9.17) is 9.47 Å². The predicted molar refractivity (Wildman–Crippen MR) is 121 cm³/mol. The van der Waals surface area contributed by atoms with Crippen LogP contribution in [0.5, 0.6) is 11.5 Å². The standard InChI is InChI=1S/C21H27N3O2.HI/c1-22-21(23-19-13-18(19)15-8-6-5-7-9-15)24(2)14-16-10-11-17(25-3)12-20(16)26-4;/h5-12,18-19H,13-14H2,1-4H3,(H,22,23);1H. The first-order chi connectivity index (χ1) is 12.7. The zero-order chi connectivity index (χ0) is 18.5. The Morgan fingerprint density at radius 3 is 2.52 bits per heavy atom. The van der Waals surface area contributed by atoms with Gasteiger partial charge in [-0.2, -0.15) is 0 Å². The van der Waals surface area contributed by atoms with Gasteiger partial charge >= 0.3 is 0 Å². The molecular weight excluding hydrogens is 453 g/mol. The smallest absolute Gasteiger partial charge is 0.193 e. The van der Waals surface area contributed by atoms with Gasteiger partial charge in [0.25, 0.3) is 0 Å². The predicted octanol–water partition coefficient (Wildman–Crippen LogP) is 3.89. The van der Waals surface area contributed by atoms with Crippen LogP contribution in [0.2, 0.25) is 0 Å². The van der Waals surface area contributed by atoms with Gasteiger partial charge in [0.15, 0.2) is 5.96 Å². The van der Waals surface area contributed by atoms with Gasteiger partial charge in [0.1, 0.15) is 11.5 Å². The summed E-state index contributed by atoms with van der Waals surface area (Å²) in [6.45, 7) is 0.704. The first kappa shape index (κ1) is 21.3. The lowest BCUT2D eigenvalue weighted by molar-refractivity contribution is 0.382. The van der Waals surface area contributed by atoms with Crippen molar-refractivity contribution in [1.82, 2.24) is 10.2 Å². The Labute approximate surface area is 178 Å². The summed E-state index contributed by atoms with van der Waals surface area (Å²) in [6.07, 6.45) is 1.14. The van der Waals surface area contributed by atoms with Crippen LogP contribution in [0, 0.1) is 0 Å². The van der Waals surface area contributed by atoms with Crippen LogP contribution in [0.3, 0.4) is 0 Å². The topological polar surface area (TPSA) is 46.1 Å². The first-order valence-corrected chi connectivity index (χ1v) is 8.86. The van der Waals surface area contributed by atoms with Gasteiger partial charge in [0.2, 0.25) is 0 Å². The highest BCUT2D eigenvalue weighted by Crippen LogP contribution is 2.40. The number of rotatable bonds is 6. The van der Waals surface area contributed by atoms with Crippen molar-refractivity contribution in [3.05, 3.63) is 59.7 Å². The molecular formula is C21H28IN3O2. The van der Waals surface area contributed by atoms with Crippen LogP contribution < -0.4 is 14.8 Å². The quantitative estimate of drug-likeness (QED) is 0.387. The Kier molecular flexibility index (Phi) is 7.77. The number of aliphatic imine (C=N–C) groups is 1. The number of hydrogen-bond acceptors (Lipinski definition) is 3. The summed E-state index contributed by atoms with van der Waals surface area (Å²) in [4.78, 5) is 6.56. The highest BCUT2D eigenvalue weighted by molar-refractivity contribution is 14.0. The van der Waals surface area contributed by atoms with Crippen molar-refractivity contribution < 1.29 is 9.47 Å². The maximum absolute atomic E-state index is 5.50. The van der Waals surface area contributed by atoms with E-state index in [1.807, 2.05) is 32.3 Å². The van der Waals surface area contributed by atoms with Crippen LogP contribution in [-0.2, 0) is 6.54 Å². The second-order valence-corrected chi connectivity index (χ2v) is 6.58. The molecule has 1 aliphatic rings. The van der Waals surface area contributed by atoms with E-state index in [9.17, 15) is 0 Å². The van der Waals surface area contributed by atoms with Gasteiger partial charge in [-0.05, 0) is 24.1 Å². The molecule has 0 saturated heterocycles. The molecule has 0 heterocycles. The largest absolute Gasteiger partial charge is 0.497 e. The Hall–Kier alpha value is -1.96. The number of methoxy groups -OCH3 is 2. The molecule has 1 aliphatic carbocycles. The van der Waals surface area contributed by atoms with Crippen LogP contribution in [0.1, 0.15) is 23.5 Å². The number of ether oxygens (including phenoxy) is 2. The molecule has 3 rings (SSSR count). The molecule has 6 heteroatoms. The summed E-state index contributed by atoms with van der Waals surface area (Å²) in [5.74, 6) is 3.07. The normalized spacial score (nSPS) is 18.3. The summed E-state index contributed by atoms with van der Waals surface area (Å²) < 4.78 is 10.8. The first-order valence-electron chi connectivity index (χ1n) is 8.86. The number of nitrogens with one attached hydrogen (secondary N) is 1. The van der Waals surface area contributed by atoms with Crippen LogP contribution >= 0.6 is 24.0 Å². The number of benzene rings is 2. The highest BCUT2D eigenvalue weighted by atomic mass is 127. The van der Waals surface area contributed by atoms with Gasteiger partial charge in [0, 0.05) is 44.2 Å². The molecule has 1 fully saturated rings. The summed E-state index contributed by atoms with van der Waals surface area (Å²) >= 11 is 0. The zero-order valence-electron chi connectivity index (χ0n) is 16.3. The lowest BCUT2D eigenvalue weighted by Crippen LogP contribution is -2.40. The summed E-state index contributed by atoms with van der Waals surface area (Å²) in [7, 11) is 7.20. The van der Waals surface area contributed by atoms with Crippen LogP contribution in [0.25, 0.3) is 0 Å². The fraction of sp³-hybridized carbons (Fsp3) is 0.381. The van der Waals surface area contributed by atoms with Gasteiger partial charge in [-0.25, -0.2) is 0 Å². The van der Waals surface area contributed by atoms with E-state index in [2.05, 4.69) is 45.5 Å². The molecule has 146 valence electrons.